The van der Waals surface area contributed by atoms with Gasteiger partial charge in [-0.2, -0.15) is 15.0 Å². The van der Waals surface area contributed by atoms with Gasteiger partial charge in [-0.3, -0.25) is 4.79 Å². The summed E-state index contributed by atoms with van der Waals surface area (Å²) in [6.07, 6.45) is 1.89. The molecule has 4 rings (SSSR count). The molecule has 0 fully saturated rings. The monoisotopic (exact) mass is 499 g/mol. The fraction of sp³-hybridized carbons (Fsp3) is 0.214. The summed E-state index contributed by atoms with van der Waals surface area (Å²) in [6, 6.07) is 20.9. The van der Waals surface area contributed by atoms with Crippen molar-refractivity contribution < 1.29 is 9.18 Å². The van der Waals surface area contributed by atoms with Crippen molar-refractivity contribution in [2.45, 2.75) is 39.7 Å². The van der Waals surface area contributed by atoms with Gasteiger partial charge in [-0.25, -0.2) is 4.39 Å². The summed E-state index contributed by atoms with van der Waals surface area (Å²) >= 11 is 0. The van der Waals surface area contributed by atoms with Gasteiger partial charge in [0.1, 0.15) is 11.9 Å². The van der Waals surface area contributed by atoms with E-state index in [1.54, 1.807) is 6.92 Å². The molecule has 0 bridgehead atoms. The Labute approximate surface area is 215 Å². The zero-order chi connectivity index (χ0) is 26.2. The van der Waals surface area contributed by atoms with E-state index in [-0.39, 0.29) is 17.7 Å². The van der Waals surface area contributed by atoms with Crippen LogP contribution in [-0.4, -0.2) is 26.9 Å². The van der Waals surface area contributed by atoms with Crippen molar-refractivity contribution in [3.05, 3.63) is 89.7 Å². The number of aromatic nitrogens is 3. The molecule has 4 aromatic rings. The molecule has 1 aromatic heterocycles. The molecule has 0 radical (unpaired) electrons. The molecule has 0 saturated carbocycles. The zero-order valence-corrected chi connectivity index (χ0v) is 21.0. The van der Waals surface area contributed by atoms with E-state index in [1.165, 1.54) is 35.4 Å². The number of aryl methyl sites for hydroxylation is 2. The van der Waals surface area contributed by atoms with Gasteiger partial charge in [-0.1, -0.05) is 38.1 Å². The molecule has 0 saturated heterocycles. The van der Waals surface area contributed by atoms with Gasteiger partial charge in [-0.15, -0.1) is 0 Å². The van der Waals surface area contributed by atoms with Crippen LogP contribution in [0.3, 0.4) is 0 Å². The molecule has 8 nitrogen and oxygen atoms in total. The summed E-state index contributed by atoms with van der Waals surface area (Å²) in [5.74, 6) is 0.169. The van der Waals surface area contributed by atoms with Crippen LogP contribution in [0.25, 0.3) is 0 Å². The molecule has 1 heterocycles. The Hall–Kier alpha value is -4.53. The second kappa shape index (κ2) is 11.9. The van der Waals surface area contributed by atoms with Gasteiger partial charge < -0.3 is 21.3 Å². The molecule has 37 heavy (non-hydrogen) atoms. The number of amides is 1. The van der Waals surface area contributed by atoms with Crippen LogP contribution in [0.2, 0.25) is 0 Å². The Morgan fingerprint density at radius 2 is 1.14 bits per heavy atom. The van der Waals surface area contributed by atoms with E-state index in [0.29, 0.717) is 17.6 Å². The minimum atomic E-state index is -0.680. The van der Waals surface area contributed by atoms with E-state index in [1.807, 2.05) is 48.5 Å². The third-order valence-corrected chi connectivity index (χ3v) is 5.72. The van der Waals surface area contributed by atoms with Crippen molar-refractivity contribution in [3.8, 4) is 0 Å². The Morgan fingerprint density at radius 3 is 1.59 bits per heavy atom. The first-order valence-electron chi connectivity index (χ1n) is 12.2. The standard InChI is InChI=1S/C28H30FN7O/c1-4-19-6-12-23(13-7-19)32-27-34-26(30-18(3)25(37)31-22-16-10-21(29)11-17-22)35-28(36-27)33-24-14-8-20(5-2)9-15-24/h6-18H,4-5H2,1-3H3,(H,31,37)(H3,30,32,33,34,35,36)/t18-/m1/s1. The number of nitrogens with one attached hydrogen (secondary N) is 4. The maximum absolute atomic E-state index is 13.2. The molecule has 190 valence electrons. The van der Waals surface area contributed by atoms with E-state index in [4.69, 9.17) is 0 Å². The topological polar surface area (TPSA) is 104 Å². The van der Waals surface area contributed by atoms with E-state index in [9.17, 15) is 9.18 Å². The highest BCUT2D eigenvalue weighted by Crippen LogP contribution is 2.20. The normalized spacial score (nSPS) is 11.5. The van der Waals surface area contributed by atoms with E-state index in [0.717, 1.165) is 24.2 Å². The highest BCUT2D eigenvalue weighted by molar-refractivity contribution is 5.96. The van der Waals surface area contributed by atoms with Crippen LogP contribution in [-0.2, 0) is 17.6 Å². The maximum atomic E-state index is 13.2. The van der Waals surface area contributed by atoms with Crippen LogP contribution < -0.4 is 21.3 Å². The Balaban J connectivity index is 1.54. The first-order chi connectivity index (χ1) is 17.9. The fourth-order valence-corrected chi connectivity index (χ4v) is 3.50. The van der Waals surface area contributed by atoms with Crippen molar-refractivity contribution in [2.75, 3.05) is 21.3 Å². The molecule has 1 amide bonds. The van der Waals surface area contributed by atoms with Gasteiger partial charge in [0.15, 0.2) is 0 Å². The summed E-state index contributed by atoms with van der Waals surface area (Å²) in [5.41, 5.74) is 4.60. The van der Waals surface area contributed by atoms with Gasteiger partial charge in [0.2, 0.25) is 23.8 Å². The number of hydrogen-bond donors (Lipinski definition) is 4. The number of rotatable bonds is 10. The lowest BCUT2D eigenvalue weighted by Crippen LogP contribution is -2.32. The Kier molecular flexibility index (Phi) is 8.25. The molecule has 0 unspecified atom stereocenters. The second-order valence-electron chi connectivity index (χ2n) is 8.52. The van der Waals surface area contributed by atoms with Gasteiger partial charge >= 0.3 is 0 Å². The molecule has 0 spiro atoms. The van der Waals surface area contributed by atoms with Crippen LogP contribution in [0.5, 0.6) is 0 Å². The van der Waals surface area contributed by atoms with Crippen molar-refractivity contribution in [2.24, 2.45) is 0 Å². The van der Waals surface area contributed by atoms with Gasteiger partial charge in [-0.05, 0) is 79.4 Å². The molecular weight excluding hydrogens is 469 g/mol. The van der Waals surface area contributed by atoms with Crippen molar-refractivity contribution >= 4 is 40.8 Å². The van der Waals surface area contributed by atoms with E-state index in [2.05, 4.69) is 50.1 Å². The first kappa shape index (κ1) is 25.6. The highest BCUT2D eigenvalue weighted by Gasteiger charge is 2.16. The lowest BCUT2D eigenvalue weighted by Gasteiger charge is -2.16. The zero-order valence-electron chi connectivity index (χ0n) is 21.0. The van der Waals surface area contributed by atoms with Crippen molar-refractivity contribution in [3.63, 3.8) is 0 Å². The number of carbonyl (C=O) groups excluding carboxylic acids is 1. The average molecular weight is 500 g/mol. The molecule has 0 aliphatic carbocycles. The molecule has 1 atom stereocenters. The SMILES string of the molecule is CCc1ccc(Nc2nc(Nc3ccc(CC)cc3)nc(N[C@H](C)C(=O)Nc3ccc(F)cc3)n2)cc1. The van der Waals surface area contributed by atoms with Gasteiger partial charge in [0.25, 0.3) is 0 Å². The summed E-state index contributed by atoms with van der Waals surface area (Å²) in [6.45, 7) is 5.89. The number of carbonyl (C=O) groups is 1. The van der Waals surface area contributed by atoms with E-state index < -0.39 is 6.04 Å². The molecule has 0 aliphatic heterocycles. The summed E-state index contributed by atoms with van der Waals surface area (Å²) < 4.78 is 13.2. The lowest BCUT2D eigenvalue weighted by molar-refractivity contribution is -0.116. The predicted molar refractivity (Wildman–Crippen MR) is 146 cm³/mol. The van der Waals surface area contributed by atoms with Crippen LogP contribution in [0.4, 0.5) is 39.3 Å². The minimum Gasteiger partial charge on any atom is -0.342 e. The smallest absolute Gasteiger partial charge is 0.246 e. The predicted octanol–water partition coefficient (Wildman–Crippen LogP) is 6.06. The van der Waals surface area contributed by atoms with Gasteiger partial charge in [0.05, 0.1) is 0 Å². The molecular formula is C28H30FN7O. The molecule has 4 N–H and O–H groups in total. The quantitative estimate of drug-likeness (QED) is 0.210. The molecule has 3 aromatic carbocycles. The van der Waals surface area contributed by atoms with E-state index >= 15 is 0 Å². The molecule has 0 aliphatic rings. The summed E-state index contributed by atoms with van der Waals surface area (Å²) in [7, 11) is 0. The van der Waals surface area contributed by atoms with Crippen LogP contribution in [0, 0.1) is 5.82 Å². The maximum Gasteiger partial charge on any atom is 0.246 e. The number of anilines is 6. The minimum absolute atomic E-state index is 0.220. The van der Waals surface area contributed by atoms with Crippen LogP contribution in [0.15, 0.2) is 72.8 Å². The second-order valence-corrected chi connectivity index (χ2v) is 8.52. The average Bonchev–Trinajstić information content (AvgIpc) is 2.90. The highest BCUT2D eigenvalue weighted by atomic mass is 19.1. The van der Waals surface area contributed by atoms with Crippen molar-refractivity contribution in [1.82, 2.24) is 15.0 Å². The Morgan fingerprint density at radius 1 is 0.703 bits per heavy atom. The van der Waals surface area contributed by atoms with Crippen molar-refractivity contribution in [1.29, 1.82) is 0 Å². The molecule has 9 heteroatoms. The summed E-state index contributed by atoms with van der Waals surface area (Å²) in [5, 5.41) is 12.2. The third kappa shape index (κ3) is 7.23. The number of nitrogens with zero attached hydrogens (tertiary/aromatic N) is 3. The number of halogens is 1. The Bertz CT molecular complexity index is 1260. The largest absolute Gasteiger partial charge is 0.342 e. The fourth-order valence-electron chi connectivity index (χ4n) is 3.50. The number of benzene rings is 3. The van der Waals surface area contributed by atoms with Crippen LogP contribution >= 0.6 is 0 Å². The van der Waals surface area contributed by atoms with Gasteiger partial charge in [0, 0.05) is 17.1 Å². The van der Waals surface area contributed by atoms with Crippen LogP contribution in [0.1, 0.15) is 31.9 Å². The lowest BCUT2D eigenvalue weighted by atomic mass is 10.1. The first-order valence-corrected chi connectivity index (χ1v) is 12.2. The third-order valence-electron chi connectivity index (χ3n) is 5.72. The number of hydrogen-bond acceptors (Lipinski definition) is 7. The summed E-state index contributed by atoms with van der Waals surface area (Å²) in [4.78, 5) is 26.2.